The summed E-state index contributed by atoms with van der Waals surface area (Å²) in [6, 6.07) is 10.9. The van der Waals surface area contributed by atoms with Gasteiger partial charge in [0.2, 0.25) is 0 Å². The first-order valence-corrected chi connectivity index (χ1v) is 11.3. The van der Waals surface area contributed by atoms with Crippen molar-refractivity contribution in [2.75, 3.05) is 26.7 Å². The Kier molecular flexibility index (Phi) is 5.30. The van der Waals surface area contributed by atoms with Crippen LogP contribution in [-0.4, -0.2) is 41.7 Å². The van der Waals surface area contributed by atoms with E-state index in [1.54, 1.807) is 11.3 Å². The van der Waals surface area contributed by atoms with E-state index < -0.39 is 0 Å². The molecule has 0 radical (unpaired) electrons. The van der Waals surface area contributed by atoms with E-state index >= 15 is 0 Å². The number of aryl methyl sites for hydroxylation is 1. The molecule has 148 valence electrons. The summed E-state index contributed by atoms with van der Waals surface area (Å²) in [6.45, 7) is 5.59. The number of likely N-dealkylation sites (tertiary alicyclic amines) is 1. The molecule has 1 fully saturated rings. The first-order valence-electron chi connectivity index (χ1n) is 10.4. The van der Waals surface area contributed by atoms with Gasteiger partial charge >= 0.3 is 0 Å². The van der Waals surface area contributed by atoms with Crippen LogP contribution in [0.3, 0.4) is 0 Å². The van der Waals surface area contributed by atoms with Crippen LogP contribution in [0.25, 0.3) is 0 Å². The lowest BCUT2D eigenvalue weighted by Crippen LogP contribution is -2.64. The van der Waals surface area contributed by atoms with Gasteiger partial charge in [-0.25, -0.2) is 4.98 Å². The third-order valence-electron chi connectivity index (χ3n) is 6.96. The first-order chi connectivity index (χ1) is 13.4. The van der Waals surface area contributed by atoms with Gasteiger partial charge in [-0.1, -0.05) is 54.6 Å². The second-order valence-electron chi connectivity index (χ2n) is 8.93. The number of nitrogens with zero attached hydrogens (tertiary/aromatic N) is 2. The fourth-order valence-corrected chi connectivity index (χ4v) is 6.02. The predicted molar refractivity (Wildman–Crippen MR) is 119 cm³/mol. The molecule has 1 aliphatic carbocycles. The Hall–Kier alpha value is -1.75. The van der Waals surface area contributed by atoms with Gasteiger partial charge in [0.15, 0.2) is 0 Å². The average Bonchev–Trinajstić information content (AvgIpc) is 3.15. The van der Waals surface area contributed by atoms with Gasteiger partial charge in [0, 0.05) is 30.3 Å². The van der Waals surface area contributed by atoms with Crippen molar-refractivity contribution < 1.29 is 4.48 Å². The number of nitrogens with two attached hydrogens (primary N) is 1. The van der Waals surface area contributed by atoms with Crippen molar-refractivity contribution >= 4 is 11.3 Å². The number of thiazole rings is 1. The molecule has 1 aliphatic heterocycles. The highest BCUT2D eigenvalue weighted by atomic mass is 32.1. The van der Waals surface area contributed by atoms with Crippen LogP contribution >= 0.6 is 11.3 Å². The number of piperidine rings is 1. The Morgan fingerprint density at radius 2 is 1.89 bits per heavy atom. The molecule has 3 nitrogen and oxygen atoms in total. The molecule has 2 aromatic rings. The molecule has 0 saturated carbocycles. The Bertz CT molecular complexity index is 859. The Morgan fingerprint density at radius 3 is 2.50 bits per heavy atom. The summed E-state index contributed by atoms with van der Waals surface area (Å²) in [5, 5.41) is 3.42. The van der Waals surface area contributed by atoms with Crippen molar-refractivity contribution in [1.82, 2.24) is 4.98 Å². The standard InChI is InChI=1S/C24H32N3S/c1-20-19-28-22(26-20)23(24(25)12-7-4-8-13-24)14-17-27(2,18-15-23)16-11-21-9-5-3-6-10-21/h3-10,12,19H,11,13-18,25H2,1-2H3/q+1. The SMILES string of the molecule is Cc1csc(C2(C3(N)C=CC=CC3)CC[N+](C)(CCc3ccccc3)CC2)n1. The molecule has 4 heteroatoms. The zero-order valence-electron chi connectivity index (χ0n) is 17.1. The predicted octanol–water partition coefficient (Wildman–Crippen LogP) is 4.39. The number of hydrogen-bond donors (Lipinski definition) is 1. The summed E-state index contributed by atoms with van der Waals surface area (Å²) in [5.41, 5.74) is 9.24. The molecule has 28 heavy (non-hydrogen) atoms. The van der Waals surface area contributed by atoms with E-state index in [0.717, 1.165) is 48.9 Å². The van der Waals surface area contributed by atoms with E-state index in [4.69, 9.17) is 10.7 Å². The molecule has 1 atom stereocenters. The largest absolute Gasteiger partial charge is 0.326 e. The fourth-order valence-electron chi connectivity index (χ4n) is 4.87. The summed E-state index contributed by atoms with van der Waals surface area (Å²) >= 11 is 1.80. The molecular formula is C24H32N3S+. The molecule has 0 bridgehead atoms. The van der Waals surface area contributed by atoms with E-state index in [-0.39, 0.29) is 11.0 Å². The molecule has 2 N–H and O–H groups in total. The van der Waals surface area contributed by atoms with Gasteiger partial charge in [0.25, 0.3) is 0 Å². The van der Waals surface area contributed by atoms with E-state index in [0.29, 0.717) is 0 Å². The molecule has 2 aliphatic rings. The van der Waals surface area contributed by atoms with Gasteiger partial charge in [0.1, 0.15) is 5.01 Å². The van der Waals surface area contributed by atoms with Gasteiger partial charge < -0.3 is 10.2 Å². The third-order valence-corrected chi connectivity index (χ3v) is 8.12. The Balaban J connectivity index is 1.55. The van der Waals surface area contributed by atoms with Crippen molar-refractivity contribution in [3.63, 3.8) is 0 Å². The van der Waals surface area contributed by atoms with Crippen molar-refractivity contribution in [2.24, 2.45) is 5.73 Å². The quantitative estimate of drug-likeness (QED) is 0.764. The van der Waals surface area contributed by atoms with Gasteiger partial charge in [-0.2, -0.15) is 0 Å². The first kappa shape index (κ1) is 19.6. The van der Waals surface area contributed by atoms with Crippen LogP contribution in [0.2, 0.25) is 0 Å². The maximum atomic E-state index is 7.09. The smallest absolute Gasteiger partial charge is 0.102 e. The highest BCUT2D eigenvalue weighted by Crippen LogP contribution is 2.48. The van der Waals surface area contributed by atoms with Crippen LogP contribution < -0.4 is 5.73 Å². The van der Waals surface area contributed by atoms with Crippen LogP contribution in [0.5, 0.6) is 0 Å². The molecule has 1 aromatic heterocycles. The second kappa shape index (κ2) is 7.58. The number of hydrogen-bond acceptors (Lipinski definition) is 3. The summed E-state index contributed by atoms with van der Waals surface area (Å²) in [5.74, 6) is 0. The number of allylic oxidation sites excluding steroid dienone is 2. The van der Waals surface area contributed by atoms with Crippen LogP contribution in [0, 0.1) is 6.92 Å². The van der Waals surface area contributed by atoms with Gasteiger partial charge in [-0.3, -0.25) is 0 Å². The maximum absolute atomic E-state index is 7.09. The van der Waals surface area contributed by atoms with Crippen molar-refractivity contribution in [1.29, 1.82) is 0 Å². The highest BCUT2D eigenvalue weighted by Gasteiger charge is 2.54. The lowest BCUT2D eigenvalue weighted by atomic mass is 9.61. The molecule has 1 unspecified atom stereocenters. The molecule has 0 amide bonds. The number of quaternary nitrogens is 1. The monoisotopic (exact) mass is 394 g/mol. The molecular weight excluding hydrogens is 362 g/mol. The second-order valence-corrected chi connectivity index (χ2v) is 9.79. The Labute approximate surface area is 173 Å². The topological polar surface area (TPSA) is 38.9 Å². The number of rotatable bonds is 5. The highest BCUT2D eigenvalue weighted by molar-refractivity contribution is 7.09. The summed E-state index contributed by atoms with van der Waals surface area (Å²) in [6.07, 6.45) is 12.9. The van der Waals surface area contributed by atoms with Gasteiger partial charge in [0.05, 0.1) is 37.6 Å². The van der Waals surface area contributed by atoms with Crippen LogP contribution in [0.4, 0.5) is 0 Å². The minimum absolute atomic E-state index is 0.0578. The average molecular weight is 395 g/mol. The molecule has 1 aromatic carbocycles. The molecule has 0 spiro atoms. The maximum Gasteiger partial charge on any atom is 0.102 e. The van der Waals surface area contributed by atoms with Crippen molar-refractivity contribution in [3.8, 4) is 0 Å². The fraction of sp³-hybridized carbons (Fsp3) is 0.458. The van der Waals surface area contributed by atoms with Crippen LogP contribution in [0.15, 0.2) is 60.0 Å². The summed E-state index contributed by atoms with van der Waals surface area (Å²) in [7, 11) is 2.42. The van der Waals surface area contributed by atoms with E-state index in [1.807, 2.05) is 0 Å². The van der Waals surface area contributed by atoms with Crippen LogP contribution in [-0.2, 0) is 11.8 Å². The van der Waals surface area contributed by atoms with Gasteiger partial charge in [-0.15, -0.1) is 11.3 Å². The number of benzene rings is 1. The lowest BCUT2D eigenvalue weighted by Gasteiger charge is -2.52. The van der Waals surface area contributed by atoms with E-state index in [2.05, 4.69) is 74.0 Å². The normalized spacial score (nSPS) is 32.5. The van der Waals surface area contributed by atoms with Gasteiger partial charge in [-0.05, 0) is 18.9 Å². The third kappa shape index (κ3) is 3.61. The van der Waals surface area contributed by atoms with E-state index in [9.17, 15) is 0 Å². The van der Waals surface area contributed by atoms with Crippen LogP contribution in [0.1, 0.15) is 35.5 Å². The molecule has 1 saturated heterocycles. The zero-order chi connectivity index (χ0) is 19.7. The van der Waals surface area contributed by atoms with Crippen molar-refractivity contribution in [3.05, 3.63) is 76.3 Å². The Morgan fingerprint density at radius 1 is 1.14 bits per heavy atom. The van der Waals surface area contributed by atoms with Crippen molar-refractivity contribution in [2.45, 2.75) is 43.6 Å². The lowest BCUT2D eigenvalue weighted by molar-refractivity contribution is -0.915. The minimum atomic E-state index is -0.337. The van der Waals surface area contributed by atoms with E-state index in [1.165, 1.54) is 17.1 Å². The number of aromatic nitrogens is 1. The summed E-state index contributed by atoms with van der Waals surface area (Å²) in [4.78, 5) is 4.94. The minimum Gasteiger partial charge on any atom is -0.326 e. The molecule has 2 heterocycles. The molecule has 4 rings (SSSR count). The zero-order valence-corrected chi connectivity index (χ0v) is 17.9. The number of likely N-dealkylation sites (N-methyl/N-ethyl adjacent to an activating group) is 1. The summed E-state index contributed by atoms with van der Waals surface area (Å²) < 4.78 is 1.12.